The summed E-state index contributed by atoms with van der Waals surface area (Å²) in [7, 11) is 0. The summed E-state index contributed by atoms with van der Waals surface area (Å²) < 4.78 is 43.5. The van der Waals surface area contributed by atoms with Crippen LogP contribution in [0.2, 0.25) is 0 Å². The second-order valence-electron chi connectivity index (χ2n) is 8.14. The zero-order valence-electron chi connectivity index (χ0n) is 15.0. The lowest BCUT2D eigenvalue weighted by atomic mass is 9.71. The van der Waals surface area contributed by atoms with Crippen LogP contribution in [0.5, 0.6) is 0 Å². The maximum Gasteiger partial charge on any atom is 0.490 e. The third-order valence-electron chi connectivity index (χ3n) is 4.15. The van der Waals surface area contributed by atoms with E-state index in [1.165, 1.54) is 0 Å². The molecule has 0 aromatic carbocycles. The number of carbonyl (C=O) groups is 1. The van der Waals surface area contributed by atoms with Crippen molar-refractivity contribution >= 4 is 5.97 Å². The number of carbonyl (C=O) groups excluding carboxylic acids is 1. The van der Waals surface area contributed by atoms with Gasteiger partial charge in [0.15, 0.2) is 5.60 Å². The van der Waals surface area contributed by atoms with Gasteiger partial charge in [0.2, 0.25) is 0 Å². The molecule has 23 heavy (non-hydrogen) atoms. The lowest BCUT2D eigenvalue weighted by molar-refractivity contribution is -0.214. The van der Waals surface area contributed by atoms with Crippen LogP contribution in [0.25, 0.3) is 0 Å². The van der Waals surface area contributed by atoms with Crippen LogP contribution in [0, 0.1) is 10.8 Å². The first-order chi connectivity index (χ1) is 10.1. The lowest BCUT2D eigenvalue weighted by Crippen LogP contribution is -2.48. The first kappa shape index (κ1) is 19.8. The Morgan fingerprint density at radius 3 is 2.00 bits per heavy atom. The van der Waals surface area contributed by atoms with Crippen molar-refractivity contribution in [2.24, 2.45) is 10.8 Å². The molecule has 5 heteroatoms. The highest BCUT2D eigenvalue weighted by molar-refractivity contribution is 5.77. The number of esters is 1. The molecule has 2 nitrogen and oxygen atoms in total. The first-order valence-corrected chi connectivity index (χ1v) is 7.89. The number of ether oxygens (including phenoxy) is 1. The summed E-state index contributed by atoms with van der Waals surface area (Å²) in [5, 5.41) is 0. The number of allylic oxidation sites excluding steroid dienone is 2. The van der Waals surface area contributed by atoms with Crippen molar-refractivity contribution in [1.82, 2.24) is 0 Å². The average Bonchev–Trinajstić information content (AvgIpc) is 2.68. The molecule has 0 heterocycles. The van der Waals surface area contributed by atoms with Crippen molar-refractivity contribution in [3.8, 4) is 0 Å². The molecule has 1 rings (SSSR count). The lowest BCUT2D eigenvalue weighted by Gasteiger charge is -2.42. The van der Waals surface area contributed by atoms with Crippen molar-refractivity contribution in [2.45, 2.75) is 73.1 Å². The van der Waals surface area contributed by atoms with Crippen molar-refractivity contribution in [3.05, 3.63) is 23.3 Å². The Bertz CT molecular complexity index is 528. The average molecular weight is 332 g/mol. The van der Waals surface area contributed by atoms with Gasteiger partial charge in [-0.15, -0.1) is 0 Å². The summed E-state index contributed by atoms with van der Waals surface area (Å²) in [4.78, 5) is 11.6. The van der Waals surface area contributed by atoms with Gasteiger partial charge >= 0.3 is 12.1 Å². The molecule has 1 aliphatic rings. The van der Waals surface area contributed by atoms with Gasteiger partial charge in [0, 0.05) is 5.41 Å². The van der Waals surface area contributed by atoms with E-state index in [9.17, 15) is 18.0 Å². The molecule has 0 spiro atoms. The van der Waals surface area contributed by atoms with E-state index in [0.717, 1.165) is 17.6 Å². The van der Waals surface area contributed by atoms with E-state index >= 15 is 0 Å². The molecule has 0 fully saturated rings. The van der Waals surface area contributed by atoms with Crippen LogP contribution in [0.4, 0.5) is 13.2 Å². The van der Waals surface area contributed by atoms with Gasteiger partial charge in [-0.1, -0.05) is 61.0 Å². The molecular formula is C18H27F3O2. The standard InChI is InChI=1S/C18H27F3O2/c1-8-9-12-10-13(15(2,3)4)11-17(12,16(5,6)7)23-14(22)18(19,20)21/h10-11H,8-9H2,1-7H3. The molecule has 0 N–H and O–H groups in total. The first-order valence-electron chi connectivity index (χ1n) is 7.89. The van der Waals surface area contributed by atoms with Crippen LogP contribution >= 0.6 is 0 Å². The van der Waals surface area contributed by atoms with Crippen LogP contribution in [-0.4, -0.2) is 17.7 Å². The minimum absolute atomic E-state index is 0.239. The Labute approximate surface area is 136 Å². The highest BCUT2D eigenvalue weighted by Crippen LogP contribution is 2.50. The zero-order valence-corrected chi connectivity index (χ0v) is 15.0. The molecule has 1 aliphatic carbocycles. The predicted molar refractivity (Wildman–Crippen MR) is 84.9 cm³/mol. The fourth-order valence-corrected chi connectivity index (χ4v) is 2.76. The van der Waals surface area contributed by atoms with Crippen molar-refractivity contribution in [1.29, 1.82) is 0 Å². The molecule has 0 amide bonds. The van der Waals surface area contributed by atoms with Gasteiger partial charge in [-0.05, 0) is 29.1 Å². The van der Waals surface area contributed by atoms with E-state index < -0.39 is 23.2 Å². The van der Waals surface area contributed by atoms with Crippen LogP contribution in [0.3, 0.4) is 0 Å². The highest BCUT2D eigenvalue weighted by Gasteiger charge is 2.54. The van der Waals surface area contributed by atoms with E-state index in [1.54, 1.807) is 26.8 Å². The smallest absolute Gasteiger partial charge is 0.443 e. The molecule has 0 saturated heterocycles. The second-order valence-corrected chi connectivity index (χ2v) is 8.14. The largest absolute Gasteiger partial charge is 0.490 e. The van der Waals surface area contributed by atoms with Gasteiger partial charge in [0.05, 0.1) is 0 Å². The number of alkyl halides is 3. The summed E-state index contributed by atoms with van der Waals surface area (Å²) >= 11 is 0. The molecule has 132 valence electrons. The third-order valence-corrected chi connectivity index (χ3v) is 4.15. The molecule has 0 radical (unpaired) electrons. The Kier molecular flexibility index (Phi) is 5.15. The van der Waals surface area contributed by atoms with Gasteiger partial charge in [0.25, 0.3) is 0 Å². The van der Waals surface area contributed by atoms with E-state index in [4.69, 9.17) is 4.74 Å². The fraction of sp³-hybridized carbons (Fsp3) is 0.722. The van der Waals surface area contributed by atoms with Gasteiger partial charge in [-0.3, -0.25) is 0 Å². The number of rotatable bonds is 3. The minimum atomic E-state index is -5.01. The van der Waals surface area contributed by atoms with E-state index in [2.05, 4.69) is 0 Å². The maximum atomic E-state index is 12.8. The normalized spacial score (nSPS) is 22.7. The van der Waals surface area contributed by atoms with Crippen LogP contribution in [-0.2, 0) is 9.53 Å². The van der Waals surface area contributed by atoms with Gasteiger partial charge < -0.3 is 4.74 Å². The van der Waals surface area contributed by atoms with E-state index in [-0.39, 0.29) is 5.41 Å². The summed E-state index contributed by atoms with van der Waals surface area (Å²) in [5.41, 5.74) is -0.669. The summed E-state index contributed by atoms with van der Waals surface area (Å²) in [6.07, 6.45) is -0.0507. The maximum absolute atomic E-state index is 12.8. The minimum Gasteiger partial charge on any atom is -0.443 e. The Morgan fingerprint density at radius 2 is 1.65 bits per heavy atom. The molecule has 1 unspecified atom stereocenters. The summed E-state index contributed by atoms with van der Waals surface area (Å²) in [6, 6.07) is 0. The molecule has 0 bridgehead atoms. The van der Waals surface area contributed by atoms with E-state index in [1.807, 2.05) is 33.8 Å². The van der Waals surface area contributed by atoms with Crippen molar-refractivity contribution in [3.63, 3.8) is 0 Å². The van der Waals surface area contributed by atoms with Crippen molar-refractivity contribution in [2.75, 3.05) is 0 Å². The number of hydrogen-bond donors (Lipinski definition) is 0. The summed E-state index contributed by atoms with van der Waals surface area (Å²) in [6.45, 7) is 13.3. The van der Waals surface area contributed by atoms with E-state index in [0.29, 0.717) is 6.42 Å². The van der Waals surface area contributed by atoms with Crippen LogP contribution in [0.1, 0.15) is 61.3 Å². The quantitative estimate of drug-likeness (QED) is 0.630. The zero-order chi connectivity index (χ0) is 18.3. The summed E-state index contributed by atoms with van der Waals surface area (Å²) in [5.74, 6) is -2.14. The SMILES string of the molecule is CCCC1=CC(C(C)(C)C)=CC1(OC(=O)C(F)(F)F)C(C)(C)C. The Morgan fingerprint density at radius 1 is 1.13 bits per heavy atom. The van der Waals surface area contributed by atoms with Crippen LogP contribution in [0.15, 0.2) is 23.3 Å². The highest BCUT2D eigenvalue weighted by atomic mass is 19.4. The molecule has 0 aromatic heterocycles. The Balaban J connectivity index is 3.47. The molecule has 0 aliphatic heterocycles. The van der Waals surface area contributed by atoms with Gasteiger partial charge in [0.1, 0.15) is 0 Å². The third kappa shape index (κ3) is 3.99. The fourth-order valence-electron chi connectivity index (χ4n) is 2.76. The monoisotopic (exact) mass is 332 g/mol. The van der Waals surface area contributed by atoms with Crippen molar-refractivity contribution < 1.29 is 22.7 Å². The molecule has 0 saturated carbocycles. The van der Waals surface area contributed by atoms with Gasteiger partial charge in [-0.25, -0.2) is 4.79 Å². The second kappa shape index (κ2) is 5.99. The number of halogens is 3. The van der Waals surface area contributed by atoms with Crippen LogP contribution < -0.4 is 0 Å². The molecule has 1 atom stereocenters. The topological polar surface area (TPSA) is 26.3 Å². The number of hydrogen-bond acceptors (Lipinski definition) is 2. The van der Waals surface area contributed by atoms with Gasteiger partial charge in [-0.2, -0.15) is 13.2 Å². The molecular weight excluding hydrogens is 305 g/mol. The molecule has 0 aromatic rings. The predicted octanol–water partition coefficient (Wildman–Crippen LogP) is 5.59. The Hall–Kier alpha value is -1.26.